The molecule has 0 fully saturated rings. The van der Waals surface area contributed by atoms with Crippen molar-refractivity contribution in [2.24, 2.45) is 0 Å². The van der Waals surface area contributed by atoms with Crippen LogP contribution >= 0.6 is 0 Å². The Morgan fingerprint density at radius 1 is 1.08 bits per heavy atom. The van der Waals surface area contributed by atoms with E-state index in [-0.39, 0.29) is 34.5 Å². The van der Waals surface area contributed by atoms with E-state index < -0.39 is 10.1 Å². The van der Waals surface area contributed by atoms with Crippen molar-refractivity contribution < 1.29 is 46.9 Å². The molecule has 2 aromatic carbocycles. The Hall–Kier alpha value is -1.38. The van der Waals surface area contributed by atoms with E-state index in [4.69, 9.17) is 4.42 Å². The first-order chi connectivity index (χ1) is 11.4. The molecule has 1 aromatic heterocycles. The van der Waals surface area contributed by atoms with Gasteiger partial charge < -0.3 is 13.9 Å². The first-order valence-electron chi connectivity index (χ1n) is 7.64. The van der Waals surface area contributed by atoms with Crippen LogP contribution in [0.4, 0.5) is 5.69 Å². The fourth-order valence-electron chi connectivity index (χ4n) is 2.59. The van der Waals surface area contributed by atoms with Crippen molar-refractivity contribution in [1.29, 1.82) is 0 Å². The summed E-state index contributed by atoms with van der Waals surface area (Å²) < 4.78 is 38.9. The van der Waals surface area contributed by atoms with Crippen LogP contribution in [0.5, 0.6) is 0 Å². The second kappa shape index (κ2) is 7.88. The molecule has 3 rings (SSSR count). The van der Waals surface area contributed by atoms with E-state index in [0.29, 0.717) is 17.0 Å². The molecule has 0 bridgehead atoms. The fraction of sp³-hybridized carbons (Fsp3) is 0.235. The van der Waals surface area contributed by atoms with Gasteiger partial charge >= 0.3 is 29.6 Å². The molecular weight excluding hydrogens is 351 g/mol. The molecule has 0 atom stereocenters. The maximum atomic E-state index is 11.1. The summed E-state index contributed by atoms with van der Waals surface area (Å²) in [6.07, 6.45) is 0. The number of oxazole rings is 1. The van der Waals surface area contributed by atoms with Crippen LogP contribution in [0.1, 0.15) is 13.8 Å². The van der Waals surface area contributed by atoms with Gasteiger partial charge in [0.1, 0.15) is 15.6 Å². The third-order valence-corrected chi connectivity index (χ3v) is 4.72. The zero-order valence-corrected chi connectivity index (χ0v) is 17.2. The molecule has 0 amide bonds. The molecule has 126 valence electrons. The molecule has 25 heavy (non-hydrogen) atoms. The molecule has 3 aromatic rings. The second-order valence-electron chi connectivity index (χ2n) is 5.32. The molecule has 6 nitrogen and oxygen atoms in total. The van der Waals surface area contributed by atoms with E-state index in [1.165, 1.54) is 18.2 Å². The first kappa shape index (κ1) is 19.9. The average Bonchev–Trinajstić information content (AvgIpc) is 2.99. The number of aromatic nitrogens is 1. The SMILES string of the molecule is CCN(CC)c1ccc(-c2nc3cc(S(=O)(=O)[O-])ccc3o2)cc1.[Na+]. The fourth-order valence-corrected chi connectivity index (χ4v) is 3.08. The van der Waals surface area contributed by atoms with Gasteiger partial charge in [-0.15, -0.1) is 0 Å². The van der Waals surface area contributed by atoms with Crippen molar-refractivity contribution in [3.63, 3.8) is 0 Å². The van der Waals surface area contributed by atoms with Crippen LogP contribution in [-0.4, -0.2) is 31.0 Å². The smallest absolute Gasteiger partial charge is 0.744 e. The molecule has 0 radical (unpaired) electrons. The van der Waals surface area contributed by atoms with Crippen LogP contribution in [-0.2, 0) is 10.1 Å². The summed E-state index contributed by atoms with van der Waals surface area (Å²) in [7, 11) is -4.51. The summed E-state index contributed by atoms with van der Waals surface area (Å²) in [6.45, 7) is 6.04. The van der Waals surface area contributed by atoms with Gasteiger partial charge in [-0.3, -0.25) is 0 Å². The maximum absolute atomic E-state index is 11.1. The van der Waals surface area contributed by atoms with E-state index in [9.17, 15) is 13.0 Å². The third-order valence-electron chi connectivity index (χ3n) is 3.89. The quantitative estimate of drug-likeness (QED) is 0.474. The van der Waals surface area contributed by atoms with E-state index >= 15 is 0 Å². The monoisotopic (exact) mass is 368 g/mol. The third kappa shape index (κ3) is 4.24. The van der Waals surface area contributed by atoms with Crippen LogP contribution in [0.15, 0.2) is 51.8 Å². The number of fused-ring (bicyclic) bond motifs is 1. The maximum Gasteiger partial charge on any atom is 1.00 e. The number of rotatable bonds is 5. The van der Waals surface area contributed by atoms with Crippen molar-refractivity contribution in [3.8, 4) is 11.5 Å². The zero-order valence-electron chi connectivity index (χ0n) is 14.4. The topological polar surface area (TPSA) is 86.5 Å². The van der Waals surface area contributed by atoms with E-state index in [2.05, 4.69) is 23.7 Å². The predicted molar refractivity (Wildman–Crippen MR) is 91.0 cm³/mol. The second-order valence-corrected chi connectivity index (χ2v) is 6.70. The molecule has 0 saturated heterocycles. The van der Waals surface area contributed by atoms with Gasteiger partial charge in [-0.1, -0.05) is 0 Å². The van der Waals surface area contributed by atoms with Crippen molar-refractivity contribution >= 4 is 26.9 Å². The molecule has 8 heteroatoms. The summed E-state index contributed by atoms with van der Waals surface area (Å²) >= 11 is 0. The molecule has 0 saturated carbocycles. The zero-order chi connectivity index (χ0) is 17.3. The van der Waals surface area contributed by atoms with E-state index in [1.54, 1.807) is 0 Å². The standard InChI is InChI=1S/C17H18N2O4S.Na/c1-3-19(4-2)13-7-5-12(6-8-13)17-18-15-11-14(24(20,21)22)9-10-16(15)23-17;/h5-11H,3-4H2,1-2H3,(H,20,21,22);/q;+1/p-1. The summed E-state index contributed by atoms with van der Waals surface area (Å²) in [5, 5.41) is 0. The van der Waals surface area contributed by atoms with Gasteiger partial charge in [-0.25, -0.2) is 13.4 Å². The van der Waals surface area contributed by atoms with Crippen molar-refractivity contribution in [2.75, 3.05) is 18.0 Å². The van der Waals surface area contributed by atoms with Crippen LogP contribution < -0.4 is 34.5 Å². The number of hydrogen-bond acceptors (Lipinski definition) is 6. The minimum Gasteiger partial charge on any atom is -0.744 e. The Bertz CT molecular complexity index is 964. The number of hydrogen-bond donors (Lipinski definition) is 0. The van der Waals surface area contributed by atoms with Gasteiger partial charge in [0, 0.05) is 24.3 Å². The number of anilines is 1. The molecule has 0 N–H and O–H groups in total. The summed E-state index contributed by atoms with van der Waals surface area (Å²) in [5.41, 5.74) is 2.67. The van der Waals surface area contributed by atoms with E-state index in [1.807, 2.05) is 24.3 Å². The minimum absolute atomic E-state index is 0. The first-order valence-corrected chi connectivity index (χ1v) is 9.05. The predicted octanol–water partition coefficient (Wildman–Crippen LogP) is 0.249. The van der Waals surface area contributed by atoms with Gasteiger partial charge in [0.2, 0.25) is 5.89 Å². The molecular formula is C17H17N2NaO4S. The number of nitrogens with zero attached hydrogens (tertiary/aromatic N) is 2. The Labute approximate surface area is 168 Å². The molecule has 0 aliphatic heterocycles. The van der Waals surface area contributed by atoms with Crippen LogP contribution in [0.2, 0.25) is 0 Å². The normalized spacial score (nSPS) is 11.3. The van der Waals surface area contributed by atoms with Gasteiger partial charge in [-0.2, -0.15) is 0 Å². The largest absolute Gasteiger partial charge is 1.00 e. The van der Waals surface area contributed by atoms with Gasteiger partial charge in [0.05, 0.1) is 4.90 Å². The summed E-state index contributed by atoms with van der Waals surface area (Å²) in [6, 6.07) is 11.7. The Morgan fingerprint density at radius 2 is 1.72 bits per heavy atom. The molecule has 0 unspecified atom stereocenters. The number of benzene rings is 2. The van der Waals surface area contributed by atoms with Crippen LogP contribution in [0, 0.1) is 0 Å². The van der Waals surface area contributed by atoms with Gasteiger partial charge in [0.15, 0.2) is 5.58 Å². The van der Waals surface area contributed by atoms with Gasteiger partial charge in [-0.05, 0) is 56.3 Å². The van der Waals surface area contributed by atoms with Crippen molar-refractivity contribution in [3.05, 3.63) is 42.5 Å². The van der Waals surface area contributed by atoms with Crippen molar-refractivity contribution in [2.45, 2.75) is 18.7 Å². The summed E-state index contributed by atoms with van der Waals surface area (Å²) in [4.78, 5) is 6.20. The molecule has 0 aliphatic rings. The molecule has 0 aliphatic carbocycles. The van der Waals surface area contributed by atoms with Crippen LogP contribution in [0.3, 0.4) is 0 Å². The molecule has 0 spiro atoms. The average molecular weight is 368 g/mol. The summed E-state index contributed by atoms with van der Waals surface area (Å²) in [5.74, 6) is 0.386. The van der Waals surface area contributed by atoms with Gasteiger partial charge in [0.25, 0.3) is 0 Å². The Balaban J connectivity index is 0.00000225. The van der Waals surface area contributed by atoms with Crippen molar-refractivity contribution in [1.82, 2.24) is 4.98 Å². The van der Waals surface area contributed by atoms with Crippen LogP contribution in [0.25, 0.3) is 22.6 Å². The molecule has 1 heterocycles. The van der Waals surface area contributed by atoms with E-state index in [0.717, 1.165) is 24.3 Å². The minimum atomic E-state index is -4.51. The Kier molecular flexibility index (Phi) is 6.29. The Morgan fingerprint density at radius 3 is 2.28 bits per heavy atom.